The van der Waals surface area contributed by atoms with Crippen molar-refractivity contribution in [1.82, 2.24) is 10.2 Å². The topological polar surface area (TPSA) is 52.6 Å². The SMILES string of the molecule is O=C(NCCCCN1CCCC1CO)c1cc(F)c(F)cc1F. The molecule has 0 radical (unpaired) electrons. The van der Waals surface area contributed by atoms with Crippen molar-refractivity contribution in [2.75, 3.05) is 26.2 Å². The summed E-state index contributed by atoms with van der Waals surface area (Å²) >= 11 is 0. The largest absolute Gasteiger partial charge is 0.395 e. The molecule has 7 heteroatoms. The number of amides is 1. The van der Waals surface area contributed by atoms with E-state index < -0.39 is 28.9 Å². The first kappa shape index (κ1) is 17.7. The predicted octanol–water partition coefficient (Wildman–Crippen LogP) is 2.07. The molecule has 23 heavy (non-hydrogen) atoms. The molecule has 1 aromatic carbocycles. The van der Waals surface area contributed by atoms with Gasteiger partial charge < -0.3 is 10.4 Å². The number of rotatable bonds is 7. The molecule has 0 spiro atoms. The Morgan fingerprint density at radius 2 is 1.96 bits per heavy atom. The third-order valence-corrected chi connectivity index (χ3v) is 4.12. The Hall–Kier alpha value is -1.60. The van der Waals surface area contributed by atoms with Crippen molar-refractivity contribution in [2.45, 2.75) is 31.7 Å². The van der Waals surface area contributed by atoms with Crippen LogP contribution in [0.25, 0.3) is 0 Å². The maximum atomic E-state index is 13.4. The van der Waals surface area contributed by atoms with Gasteiger partial charge in [0, 0.05) is 18.7 Å². The van der Waals surface area contributed by atoms with Crippen molar-refractivity contribution in [2.24, 2.45) is 0 Å². The molecule has 1 aliphatic heterocycles. The maximum Gasteiger partial charge on any atom is 0.254 e. The summed E-state index contributed by atoms with van der Waals surface area (Å²) in [6.45, 7) is 2.29. The molecule has 1 fully saturated rings. The minimum Gasteiger partial charge on any atom is -0.395 e. The standard InChI is InChI=1S/C16H21F3N2O2/c17-13-9-15(19)14(18)8-12(13)16(23)20-5-1-2-6-21-7-3-4-11(21)10-22/h8-9,11,22H,1-7,10H2,(H,20,23). The van der Waals surface area contributed by atoms with E-state index >= 15 is 0 Å². The van der Waals surface area contributed by atoms with Gasteiger partial charge in [-0.05, 0) is 44.8 Å². The number of aliphatic hydroxyl groups excluding tert-OH is 1. The fourth-order valence-corrected chi connectivity index (χ4v) is 2.83. The van der Waals surface area contributed by atoms with Crippen LogP contribution in [0.15, 0.2) is 12.1 Å². The molecule has 1 amide bonds. The van der Waals surface area contributed by atoms with Gasteiger partial charge in [-0.25, -0.2) is 13.2 Å². The van der Waals surface area contributed by atoms with Gasteiger partial charge in [-0.15, -0.1) is 0 Å². The Bertz CT molecular complexity index is 554. The van der Waals surface area contributed by atoms with Gasteiger partial charge >= 0.3 is 0 Å². The molecule has 1 unspecified atom stereocenters. The monoisotopic (exact) mass is 330 g/mol. The van der Waals surface area contributed by atoms with Gasteiger partial charge in [-0.1, -0.05) is 0 Å². The van der Waals surface area contributed by atoms with Crippen molar-refractivity contribution in [3.63, 3.8) is 0 Å². The van der Waals surface area contributed by atoms with Gasteiger partial charge in [0.2, 0.25) is 0 Å². The molecule has 0 aromatic heterocycles. The Labute approximate surface area is 133 Å². The fraction of sp³-hybridized carbons (Fsp3) is 0.562. The second-order valence-electron chi connectivity index (χ2n) is 5.72. The summed E-state index contributed by atoms with van der Waals surface area (Å²) in [5, 5.41) is 11.7. The number of aliphatic hydroxyl groups is 1. The molecule has 128 valence electrons. The van der Waals surface area contributed by atoms with Gasteiger partial charge in [0.1, 0.15) is 5.82 Å². The number of nitrogens with one attached hydrogen (secondary N) is 1. The van der Waals surface area contributed by atoms with Crippen molar-refractivity contribution >= 4 is 5.91 Å². The van der Waals surface area contributed by atoms with Crippen LogP contribution in [-0.4, -0.2) is 48.2 Å². The summed E-state index contributed by atoms with van der Waals surface area (Å²) in [6.07, 6.45) is 3.60. The first-order valence-electron chi connectivity index (χ1n) is 7.80. The normalized spacial score (nSPS) is 18.3. The van der Waals surface area contributed by atoms with Crippen LogP contribution in [0, 0.1) is 17.5 Å². The number of unbranched alkanes of at least 4 members (excludes halogenated alkanes) is 1. The molecule has 4 nitrogen and oxygen atoms in total. The fourth-order valence-electron chi connectivity index (χ4n) is 2.83. The summed E-state index contributed by atoms with van der Waals surface area (Å²) < 4.78 is 39.3. The minimum absolute atomic E-state index is 0.159. The maximum absolute atomic E-state index is 13.4. The molecule has 1 atom stereocenters. The van der Waals surface area contributed by atoms with Crippen LogP contribution in [0.3, 0.4) is 0 Å². The number of nitrogens with zero attached hydrogens (tertiary/aromatic N) is 1. The lowest BCUT2D eigenvalue weighted by Gasteiger charge is -2.22. The van der Waals surface area contributed by atoms with E-state index in [9.17, 15) is 23.1 Å². The highest BCUT2D eigenvalue weighted by atomic mass is 19.2. The van der Waals surface area contributed by atoms with E-state index in [1.165, 1.54) is 0 Å². The predicted molar refractivity (Wildman–Crippen MR) is 79.6 cm³/mol. The van der Waals surface area contributed by atoms with Crippen LogP contribution in [0.5, 0.6) is 0 Å². The summed E-state index contributed by atoms with van der Waals surface area (Å²) in [7, 11) is 0. The molecule has 0 aliphatic carbocycles. The zero-order chi connectivity index (χ0) is 16.8. The second kappa shape index (κ2) is 8.31. The van der Waals surface area contributed by atoms with Crippen molar-refractivity contribution < 1.29 is 23.1 Å². The van der Waals surface area contributed by atoms with Crippen molar-refractivity contribution in [3.05, 3.63) is 35.1 Å². The van der Waals surface area contributed by atoms with Gasteiger partial charge in [0.25, 0.3) is 5.91 Å². The van der Waals surface area contributed by atoms with E-state index in [2.05, 4.69) is 10.2 Å². The summed E-state index contributed by atoms with van der Waals surface area (Å²) in [5.74, 6) is -4.40. The molecule has 1 heterocycles. The number of hydrogen-bond donors (Lipinski definition) is 2. The van der Waals surface area contributed by atoms with Gasteiger partial charge in [-0.3, -0.25) is 9.69 Å². The summed E-state index contributed by atoms with van der Waals surface area (Å²) in [5.41, 5.74) is -0.496. The molecule has 1 saturated heterocycles. The number of carbonyl (C=O) groups excluding carboxylic acids is 1. The first-order chi connectivity index (χ1) is 11.0. The van der Waals surface area contributed by atoms with Crippen LogP contribution in [-0.2, 0) is 0 Å². The average molecular weight is 330 g/mol. The summed E-state index contributed by atoms with van der Waals surface area (Å²) in [6, 6.07) is 1.16. The average Bonchev–Trinajstić information content (AvgIpc) is 2.97. The van der Waals surface area contributed by atoms with E-state index in [0.29, 0.717) is 25.1 Å². The van der Waals surface area contributed by atoms with E-state index in [1.54, 1.807) is 0 Å². The van der Waals surface area contributed by atoms with Gasteiger partial charge in [-0.2, -0.15) is 0 Å². The van der Waals surface area contributed by atoms with Gasteiger partial charge in [0.15, 0.2) is 11.6 Å². The van der Waals surface area contributed by atoms with Crippen LogP contribution < -0.4 is 5.32 Å². The summed E-state index contributed by atoms with van der Waals surface area (Å²) in [4.78, 5) is 14.0. The Balaban J connectivity index is 1.72. The zero-order valence-corrected chi connectivity index (χ0v) is 12.8. The smallest absolute Gasteiger partial charge is 0.254 e. The second-order valence-corrected chi connectivity index (χ2v) is 5.72. The van der Waals surface area contributed by atoms with Crippen LogP contribution in [0.2, 0.25) is 0 Å². The van der Waals surface area contributed by atoms with Crippen LogP contribution in [0.1, 0.15) is 36.0 Å². The molecule has 0 saturated carbocycles. The lowest BCUT2D eigenvalue weighted by Crippen LogP contribution is -2.33. The van der Waals surface area contributed by atoms with E-state index in [1.807, 2.05) is 0 Å². The zero-order valence-electron chi connectivity index (χ0n) is 12.8. The molecule has 1 aromatic rings. The third kappa shape index (κ3) is 4.68. The molecule has 2 rings (SSSR count). The number of benzene rings is 1. The highest BCUT2D eigenvalue weighted by molar-refractivity contribution is 5.94. The molecule has 1 aliphatic rings. The Morgan fingerprint density at radius 3 is 2.70 bits per heavy atom. The highest BCUT2D eigenvalue weighted by Crippen LogP contribution is 2.17. The molecular formula is C16H21F3N2O2. The third-order valence-electron chi connectivity index (χ3n) is 4.12. The van der Waals surface area contributed by atoms with Crippen LogP contribution >= 0.6 is 0 Å². The van der Waals surface area contributed by atoms with E-state index in [4.69, 9.17) is 0 Å². The molecular weight excluding hydrogens is 309 g/mol. The highest BCUT2D eigenvalue weighted by Gasteiger charge is 2.22. The van der Waals surface area contributed by atoms with Crippen molar-refractivity contribution in [1.29, 1.82) is 0 Å². The minimum atomic E-state index is -1.32. The van der Waals surface area contributed by atoms with E-state index in [-0.39, 0.29) is 12.6 Å². The lowest BCUT2D eigenvalue weighted by molar-refractivity contribution is 0.0947. The molecule has 2 N–H and O–H groups in total. The quantitative estimate of drug-likeness (QED) is 0.594. The first-order valence-corrected chi connectivity index (χ1v) is 7.80. The number of hydrogen-bond acceptors (Lipinski definition) is 3. The van der Waals surface area contributed by atoms with E-state index in [0.717, 1.165) is 32.4 Å². The molecule has 0 bridgehead atoms. The Kier molecular flexibility index (Phi) is 6.41. The van der Waals surface area contributed by atoms with Crippen LogP contribution in [0.4, 0.5) is 13.2 Å². The number of likely N-dealkylation sites (tertiary alicyclic amines) is 1. The van der Waals surface area contributed by atoms with Crippen molar-refractivity contribution in [3.8, 4) is 0 Å². The number of carbonyl (C=O) groups is 1. The Morgan fingerprint density at radius 1 is 1.22 bits per heavy atom. The number of halogens is 3. The lowest BCUT2D eigenvalue weighted by atomic mass is 10.2. The van der Waals surface area contributed by atoms with Gasteiger partial charge in [0.05, 0.1) is 12.2 Å².